The zero-order valence-electron chi connectivity index (χ0n) is 15.1. The van der Waals surface area contributed by atoms with Crippen molar-refractivity contribution in [2.75, 3.05) is 16.7 Å². The molecule has 0 unspecified atom stereocenters. The third-order valence-corrected chi connectivity index (χ3v) is 5.49. The second-order valence-electron chi connectivity index (χ2n) is 6.11. The SMILES string of the molecule is CS(=O)(=O)Nc1ccc(C(=O)CSc2nc3ccccc3n2CCC#N)cc1. The Morgan fingerprint density at radius 2 is 1.93 bits per heavy atom. The fourth-order valence-electron chi connectivity index (χ4n) is 2.69. The van der Waals surface area contributed by atoms with Crippen LogP contribution < -0.4 is 4.72 Å². The molecule has 0 spiro atoms. The molecule has 28 heavy (non-hydrogen) atoms. The second kappa shape index (κ2) is 8.46. The third kappa shape index (κ3) is 4.91. The number of hydrogen-bond donors (Lipinski definition) is 1. The van der Waals surface area contributed by atoms with Gasteiger partial charge in [0.15, 0.2) is 10.9 Å². The van der Waals surface area contributed by atoms with Gasteiger partial charge in [-0.15, -0.1) is 0 Å². The Kier molecular flexibility index (Phi) is 6.02. The number of benzene rings is 2. The van der Waals surface area contributed by atoms with Crippen LogP contribution in [0, 0.1) is 11.3 Å². The molecule has 7 nitrogen and oxygen atoms in total. The maximum Gasteiger partial charge on any atom is 0.229 e. The number of carbonyl (C=O) groups is 1. The summed E-state index contributed by atoms with van der Waals surface area (Å²) < 4.78 is 26.8. The van der Waals surface area contributed by atoms with Crippen LogP contribution in [0.3, 0.4) is 0 Å². The predicted octanol–water partition coefficient (Wildman–Crippen LogP) is 3.30. The van der Waals surface area contributed by atoms with Crippen LogP contribution >= 0.6 is 11.8 Å². The highest BCUT2D eigenvalue weighted by molar-refractivity contribution is 7.99. The first-order valence-electron chi connectivity index (χ1n) is 8.43. The van der Waals surface area contributed by atoms with Crippen molar-refractivity contribution in [3.05, 3.63) is 54.1 Å². The number of aromatic nitrogens is 2. The van der Waals surface area contributed by atoms with Crippen LogP contribution in [0.1, 0.15) is 16.8 Å². The minimum atomic E-state index is -3.35. The van der Waals surface area contributed by atoms with Crippen LogP contribution in [0.15, 0.2) is 53.7 Å². The number of fused-ring (bicyclic) bond motifs is 1. The first-order valence-corrected chi connectivity index (χ1v) is 11.3. The molecule has 0 atom stereocenters. The molecule has 0 bridgehead atoms. The lowest BCUT2D eigenvalue weighted by Gasteiger charge is -2.07. The molecule has 0 aliphatic heterocycles. The molecule has 0 aliphatic carbocycles. The molecule has 1 N–H and O–H groups in total. The standard InChI is InChI=1S/C19H18N4O3S2/c1-28(25,26)22-15-9-7-14(8-10-15)18(24)13-27-19-21-16-5-2-3-6-17(16)23(19)12-4-11-20/h2-3,5-10,22H,4,12-13H2,1H3. The Labute approximate surface area is 167 Å². The maximum absolute atomic E-state index is 12.5. The summed E-state index contributed by atoms with van der Waals surface area (Å²) in [7, 11) is -3.35. The van der Waals surface area contributed by atoms with Gasteiger partial charge in [-0.3, -0.25) is 9.52 Å². The maximum atomic E-state index is 12.5. The molecular formula is C19H18N4O3S2. The van der Waals surface area contributed by atoms with Gasteiger partial charge >= 0.3 is 0 Å². The number of nitrogens with one attached hydrogen (secondary N) is 1. The first-order chi connectivity index (χ1) is 13.4. The monoisotopic (exact) mass is 414 g/mol. The zero-order chi connectivity index (χ0) is 20.1. The Bertz CT molecular complexity index is 1150. The number of para-hydroxylation sites is 2. The minimum Gasteiger partial charge on any atom is -0.318 e. The van der Waals surface area contributed by atoms with Crippen LogP contribution in [-0.4, -0.2) is 35.8 Å². The van der Waals surface area contributed by atoms with E-state index in [-0.39, 0.29) is 11.5 Å². The van der Waals surface area contributed by atoms with Crippen LogP contribution in [0.25, 0.3) is 11.0 Å². The number of ketones is 1. The lowest BCUT2D eigenvalue weighted by molar-refractivity contribution is 0.102. The highest BCUT2D eigenvalue weighted by atomic mass is 32.2. The van der Waals surface area contributed by atoms with Crippen molar-refractivity contribution in [1.29, 1.82) is 5.26 Å². The molecule has 3 aromatic rings. The summed E-state index contributed by atoms with van der Waals surface area (Å²) >= 11 is 1.32. The van der Waals surface area contributed by atoms with Crippen molar-refractivity contribution in [2.45, 2.75) is 18.1 Å². The van der Waals surface area contributed by atoms with E-state index >= 15 is 0 Å². The molecule has 0 amide bonds. The average molecular weight is 415 g/mol. The van der Waals surface area contributed by atoms with E-state index in [0.29, 0.717) is 29.4 Å². The smallest absolute Gasteiger partial charge is 0.229 e. The van der Waals surface area contributed by atoms with Gasteiger partial charge in [0.05, 0.1) is 35.5 Å². The second-order valence-corrected chi connectivity index (χ2v) is 8.80. The number of anilines is 1. The van der Waals surface area contributed by atoms with Crippen LogP contribution in [0.4, 0.5) is 5.69 Å². The van der Waals surface area contributed by atoms with Gasteiger partial charge in [-0.05, 0) is 36.4 Å². The number of nitriles is 1. The van der Waals surface area contributed by atoms with Crippen molar-refractivity contribution < 1.29 is 13.2 Å². The molecule has 0 aliphatic rings. The zero-order valence-corrected chi connectivity index (χ0v) is 16.8. The van der Waals surface area contributed by atoms with Gasteiger partial charge in [0.25, 0.3) is 0 Å². The summed E-state index contributed by atoms with van der Waals surface area (Å²) in [5.41, 5.74) is 2.66. The number of sulfonamides is 1. The van der Waals surface area contributed by atoms with Crippen molar-refractivity contribution >= 4 is 44.3 Å². The number of carbonyl (C=O) groups excluding carboxylic acids is 1. The Morgan fingerprint density at radius 3 is 2.61 bits per heavy atom. The lowest BCUT2D eigenvalue weighted by Crippen LogP contribution is -2.10. The van der Waals surface area contributed by atoms with E-state index in [0.717, 1.165) is 17.3 Å². The van der Waals surface area contributed by atoms with Gasteiger partial charge < -0.3 is 4.57 Å². The molecule has 1 heterocycles. The fraction of sp³-hybridized carbons (Fsp3) is 0.211. The first kappa shape index (κ1) is 19.9. The Balaban J connectivity index is 1.73. The van der Waals surface area contributed by atoms with E-state index in [1.807, 2.05) is 28.8 Å². The van der Waals surface area contributed by atoms with E-state index < -0.39 is 10.0 Å². The largest absolute Gasteiger partial charge is 0.318 e. The molecule has 0 saturated carbocycles. The number of nitrogens with zero attached hydrogens (tertiary/aromatic N) is 3. The summed E-state index contributed by atoms with van der Waals surface area (Å²) in [6, 6.07) is 16.1. The Morgan fingerprint density at radius 1 is 1.21 bits per heavy atom. The summed E-state index contributed by atoms with van der Waals surface area (Å²) in [5.74, 6) is 0.101. The Hall–Kier alpha value is -2.83. The van der Waals surface area contributed by atoms with E-state index in [1.54, 1.807) is 24.3 Å². The molecule has 0 fully saturated rings. The van der Waals surface area contributed by atoms with Gasteiger partial charge in [-0.1, -0.05) is 23.9 Å². The quantitative estimate of drug-likeness (QED) is 0.448. The summed E-state index contributed by atoms with van der Waals surface area (Å²) in [4.78, 5) is 17.1. The molecule has 9 heteroatoms. The molecule has 1 aromatic heterocycles. The van der Waals surface area contributed by atoms with Gasteiger partial charge in [0.1, 0.15) is 0 Å². The predicted molar refractivity (Wildman–Crippen MR) is 110 cm³/mol. The number of hydrogen-bond acceptors (Lipinski definition) is 6. The highest BCUT2D eigenvalue weighted by Crippen LogP contribution is 2.25. The van der Waals surface area contributed by atoms with E-state index in [4.69, 9.17) is 5.26 Å². The van der Waals surface area contributed by atoms with Crippen molar-refractivity contribution in [2.24, 2.45) is 0 Å². The van der Waals surface area contributed by atoms with Crippen LogP contribution in [0.5, 0.6) is 0 Å². The average Bonchev–Trinajstić information content (AvgIpc) is 3.01. The lowest BCUT2D eigenvalue weighted by atomic mass is 10.1. The van der Waals surface area contributed by atoms with Crippen molar-refractivity contribution in [3.8, 4) is 6.07 Å². The van der Waals surface area contributed by atoms with Crippen molar-refractivity contribution in [3.63, 3.8) is 0 Å². The number of rotatable bonds is 8. The van der Waals surface area contributed by atoms with Crippen LogP contribution in [0.2, 0.25) is 0 Å². The molecule has 2 aromatic carbocycles. The van der Waals surface area contributed by atoms with Crippen LogP contribution in [-0.2, 0) is 16.6 Å². The molecule has 0 saturated heterocycles. The molecule has 3 rings (SSSR count). The molecule has 144 valence electrons. The number of Topliss-reactive ketones (excluding diaryl/α,β-unsaturated/α-hetero) is 1. The van der Waals surface area contributed by atoms with Gasteiger partial charge in [-0.2, -0.15) is 5.26 Å². The molecule has 0 radical (unpaired) electrons. The minimum absolute atomic E-state index is 0.0882. The summed E-state index contributed by atoms with van der Waals surface area (Å²) in [6.45, 7) is 0.513. The number of imidazole rings is 1. The van der Waals surface area contributed by atoms with Gasteiger partial charge in [0, 0.05) is 17.8 Å². The number of aryl methyl sites for hydroxylation is 1. The van der Waals surface area contributed by atoms with Crippen molar-refractivity contribution in [1.82, 2.24) is 9.55 Å². The van der Waals surface area contributed by atoms with Gasteiger partial charge in [0.2, 0.25) is 10.0 Å². The molecular weight excluding hydrogens is 396 g/mol. The number of thioether (sulfide) groups is 1. The summed E-state index contributed by atoms with van der Waals surface area (Å²) in [6.07, 6.45) is 1.43. The fourth-order valence-corrected chi connectivity index (χ4v) is 4.19. The highest BCUT2D eigenvalue weighted by Gasteiger charge is 2.14. The van der Waals surface area contributed by atoms with E-state index in [2.05, 4.69) is 15.8 Å². The summed E-state index contributed by atoms with van der Waals surface area (Å²) in [5, 5.41) is 9.60. The topological polar surface area (TPSA) is 105 Å². The normalized spacial score (nSPS) is 11.3. The van der Waals surface area contributed by atoms with E-state index in [1.165, 1.54) is 11.8 Å². The van der Waals surface area contributed by atoms with E-state index in [9.17, 15) is 13.2 Å². The third-order valence-electron chi connectivity index (χ3n) is 3.91. The van der Waals surface area contributed by atoms with Gasteiger partial charge in [-0.25, -0.2) is 13.4 Å².